The number of rotatable bonds is 5. The summed E-state index contributed by atoms with van der Waals surface area (Å²) in [6, 6.07) is 7.41. The van der Waals surface area contributed by atoms with Gasteiger partial charge in [-0.05, 0) is 18.9 Å². The molecular formula is C18H24N4O2S. The summed E-state index contributed by atoms with van der Waals surface area (Å²) in [5, 5.41) is 3.29. The van der Waals surface area contributed by atoms with Crippen molar-refractivity contribution in [2.75, 3.05) is 12.8 Å². The van der Waals surface area contributed by atoms with Gasteiger partial charge in [0.2, 0.25) is 0 Å². The minimum Gasteiger partial charge on any atom is -0.331 e. The van der Waals surface area contributed by atoms with Crippen LogP contribution in [0.5, 0.6) is 0 Å². The monoisotopic (exact) mass is 360 g/mol. The minimum absolute atomic E-state index is 0.268. The summed E-state index contributed by atoms with van der Waals surface area (Å²) >= 11 is 1.67. The molecule has 1 fully saturated rings. The number of nitrogens with one attached hydrogen (secondary N) is 1. The van der Waals surface area contributed by atoms with Gasteiger partial charge in [0.1, 0.15) is 0 Å². The maximum absolute atomic E-state index is 12.5. The third kappa shape index (κ3) is 3.66. The fourth-order valence-corrected chi connectivity index (χ4v) is 4.24. The smallest absolute Gasteiger partial charge is 0.325 e. The van der Waals surface area contributed by atoms with E-state index in [1.807, 2.05) is 11.0 Å². The molecule has 2 heterocycles. The molecule has 2 aliphatic rings. The number of amidine groups is 1. The van der Waals surface area contributed by atoms with Crippen molar-refractivity contribution < 1.29 is 9.59 Å². The van der Waals surface area contributed by atoms with Gasteiger partial charge in [0.15, 0.2) is 17.4 Å². The first-order valence-corrected chi connectivity index (χ1v) is 9.60. The number of nitrogens with zero attached hydrogens (tertiary/aromatic N) is 3. The molecule has 1 N–H and O–H groups in total. The predicted octanol–water partition coefficient (Wildman–Crippen LogP) is 2.58. The molecule has 2 aliphatic heterocycles. The van der Waals surface area contributed by atoms with E-state index in [4.69, 9.17) is 4.99 Å². The van der Waals surface area contributed by atoms with E-state index in [1.54, 1.807) is 18.8 Å². The number of imide groups is 1. The SMILES string of the molecule is CCCCSC1=NC2C(C(=O)NC(=O)N2C)N1Cc1cccc(C)c1. The van der Waals surface area contributed by atoms with Crippen LogP contribution < -0.4 is 5.32 Å². The molecule has 2 unspecified atom stereocenters. The molecule has 134 valence electrons. The van der Waals surface area contributed by atoms with Crippen LogP contribution in [0.3, 0.4) is 0 Å². The van der Waals surface area contributed by atoms with E-state index in [-0.39, 0.29) is 11.9 Å². The predicted molar refractivity (Wildman–Crippen MR) is 100 cm³/mol. The van der Waals surface area contributed by atoms with E-state index in [2.05, 4.69) is 37.4 Å². The molecule has 3 rings (SSSR count). The van der Waals surface area contributed by atoms with E-state index in [0.29, 0.717) is 6.54 Å². The van der Waals surface area contributed by atoms with Crippen molar-refractivity contribution in [2.24, 2.45) is 4.99 Å². The van der Waals surface area contributed by atoms with Crippen molar-refractivity contribution >= 4 is 28.9 Å². The Kier molecular flexibility index (Phi) is 5.32. The second-order valence-electron chi connectivity index (χ2n) is 6.49. The van der Waals surface area contributed by atoms with Gasteiger partial charge in [-0.25, -0.2) is 9.79 Å². The highest BCUT2D eigenvalue weighted by molar-refractivity contribution is 8.13. The maximum Gasteiger partial charge on any atom is 0.325 e. The molecule has 3 amide bonds. The van der Waals surface area contributed by atoms with Crippen LogP contribution in [0.2, 0.25) is 0 Å². The van der Waals surface area contributed by atoms with E-state index >= 15 is 0 Å². The van der Waals surface area contributed by atoms with E-state index < -0.39 is 12.2 Å². The van der Waals surface area contributed by atoms with Crippen LogP contribution in [-0.2, 0) is 11.3 Å². The fourth-order valence-electron chi connectivity index (χ4n) is 3.10. The Balaban J connectivity index is 1.87. The van der Waals surface area contributed by atoms with Gasteiger partial charge >= 0.3 is 6.03 Å². The van der Waals surface area contributed by atoms with Gasteiger partial charge in [-0.3, -0.25) is 10.1 Å². The Morgan fingerprint density at radius 3 is 2.84 bits per heavy atom. The lowest BCUT2D eigenvalue weighted by atomic mass is 10.1. The molecule has 25 heavy (non-hydrogen) atoms. The van der Waals surface area contributed by atoms with E-state index in [0.717, 1.165) is 29.3 Å². The normalized spacial score (nSPS) is 22.8. The number of carbonyl (C=O) groups excluding carboxylic acids is 2. The number of aliphatic imine (C=N–C) groups is 1. The summed E-state index contributed by atoms with van der Waals surface area (Å²) in [6.07, 6.45) is 1.76. The van der Waals surface area contributed by atoms with Crippen LogP contribution in [0.4, 0.5) is 4.79 Å². The highest BCUT2D eigenvalue weighted by atomic mass is 32.2. The van der Waals surface area contributed by atoms with Crippen LogP contribution >= 0.6 is 11.8 Å². The zero-order valence-corrected chi connectivity index (χ0v) is 15.7. The second-order valence-corrected chi connectivity index (χ2v) is 7.56. The van der Waals surface area contributed by atoms with Gasteiger partial charge in [0.25, 0.3) is 5.91 Å². The summed E-state index contributed by atoms with van der Waals surface area (Å²) in [5.74, 6) is 0.689. The average Bonchev–Trinajstić information content (AvgIpc) is 2.92. The lowest BCUT2D eigenvalue weighted by Crippen LogP contribution is -2.63. The van der Waals surface area contributed by atoms with Crippen LogP contribution in [-0.4, -0.2) is 51.9 Å². The molecule has 0 aromatic heterocycles. The van der Waals surface area contributed by atoms with E-state index in [9.17, 15) is 9.59 Å². The third-order valence-electron chi connectivity index (χ3n) is 4.49. The third-order valence-corrected chi connectivity index (χ3v) is 5.58. The molecule has 0 spiro atoms. The topological polar surface area (TPSA) is 65.0 Å². The number of urea groups is 1. The number of benzene rings is 1. The Labute approximate surface area is 152 Å². The molecule has 1 aromatic carbocycles. The standard InChI is InChI=1S/C18H24N4O2S/c1-4-5-9-25-18-19-15-14(16(23)20-17(24)21(15)3)22(18)11-13-8-6-7-12(2)10-13/h6-8,10,14-15H,4-5,9,11H2,1-3H3,(H,20,23,24). The van der Waals surface area contributed by atoms with Gasteiger partial charge in [0, 0.05) is 19.3 Å². The zero-order valence-electron chi connectivity index (χ0n) is 14.9. The quantitative estimate of drug-likeness (QED) is 0.820. The van der Waals surface area contributed by atoms with Crippen molar-refractivity contribution in [3.8, 4) is 0 Å². The number of fused-ring (bicyclic) bond motifs is 1. The largest absolute Gasteiger partial charge is 0.331 e. The molecular weight excluding hydrogens is 336 g/mol. The number of hydrogen-bond acceptors (Lipinski definition) is 5. The molecule has 6 nitrogen and oxygen atoms in total. The highest BCUT2D eigenvalue weighted by Gasteiger charge is 2.48. The molecule has 0 bridgehead atoms. The number of hydrogen-bond donors (Lipinski definition) is 1. The lowest BCUT2D eigenvalue weighted by molar-refractivity contribution is -0.127. The van der Waals surface area contributed by atoms with Crippen molar-refractivity contribution in [1.82, 2.24) is 15.1 Å². The van der Waals surface area contributed by atoms with Crippen molar-refractivity contribution in [3.05, 3.63) is 35.4 Å². The summed E-state index contributed by atoms with van der Waals surface area (Å²) in [6.45, 7) is 4.82. The van der Waals surface area contributed by atoms with Crippen LogP contribution in [0.1, 0.15) is 30.9 Å². The number of aryl methyl sites for hydroxylation is 1. The van der Waals surface area contributed by atoms with Gasteiger partial charge < -0.3 is 9.80 Å². The number of unbranched alkanes of at least 4 members (excludes halogenated alkanes) is 1. The van der Waals surface area contributed by atoms with Gasteiger partial charge in [-0.2, -0.15) is 0 Å². The van der Waals surface area contributed by atoms with Crippen molar-refractivity contribution in [2.45, 2.75) is 45.4 Å². The second kappa shape index (κ2) is 7.47. The first-order chi connectivity index (χ1) is 12.0. The molecule has 0 aliphatic carbocycles. The summed E-state index contributed by atoms with van der Waals surface area (Å²) in [7, 11) is 1.69. The summed E-state index contributed by atoms with van der Waals surface area (Å²) in [4.78, 5) is 32.7. The Bertz CT molecular complexity index is 706. The number of likely N-dealkylation sites (N-methyl/N-ethyl adjacent to an activating group) is 1. The van der Waals surface area contributed by atoms with Crippen LogP contribution in [0.25, 0.3) is 0 Å². The summed E-state index contributed by atoms with van der Waals surface area (Å²) in [5.41, 5.74) is 2.32. The molecule has 1 saturated heterocycles. The van der Waals surface area contributed by atoms with Gasteiger partial charge in [0.05, 0.1) is 0 Å². The number of amides is 3. The molecule has 2 atom stereocenters. The molecule has 1 aromatic rings. The van der Waals surface area contributed by atoms with Gasteiger partial charge in [-0.1, -0.05) is 54.9 Å². The average molecular weight is 360 g/mol. The van der Waals surface area contributed by atoms with E-state index in [1.165, 1.54) is 10.5 Å². The molecule has 0 radical (unpaired) electrons. The lowest BCUT2D eigenvalue weighted by Gasteiger charge is -2.36. The Morgan fingerprint density at radius 2 is 2.12 bits per heavy atom. The molecule has 7 heteroatoms. The maximum atomic E-state index is 12.5. The minimum atomic E-state index is -0.465. The van der Waals surface area contributed by atoms with Crippen LogP contribution in [0.15, 0.2) is 29.3 Å². The first kappa shape index (κ1) is 17.8. The van der Waals surface area contributed by atoms with Crippen molar-refractivity contribution in [3.63, 3.8) is 0 Å². The Hall–Kier alpha value is -2.02. The Morgan fingerprint density at radius 1 is 1.32 bits per heavy atom. The summed E-state index contributed by atoms with van der Waals surface area (Å²) < 4.78 is 0. The molecule has 0 saturated carbocycles. The number of carbonyl (C=O) groups is 2. The van der Waals surface area contributed by atoms with Crippen molar-refractivity contribution in [1.29, 1.82) is 0 Å². The number of thioether (sulfide) groups is 1. The van der Waals surface area contributed by atoms with Crippen LogP contribution in [0, 0.1) is 6.92 Å². The highest BCUT2D eigenvalue weighted by Crippen LogP contribution is 2.30. The first-order valence-electron chi connectivity index (χ1n) is 8.61. The zero-order chi connectivity index (χ0) is 18.0. The van der Waals surface area contributed by atoms with Gasteiger partial charge in [-0.15, -0.1) is 0 Å². The fraction of sp³-hybridized carbons (Fsp3) is 0.500.